The number of nitrogens with one attached hydrogen (secondary N) is 1. The Balaban J connectivity index is 1.34. The van der Waals surface area contributed by atoms with Crippen LogP contribution in [0.25, 0.3) is 17.1 Å². The monoisotopic (exact) mass is 519 g/mol. The molecule has 0 bridgehead atoms. The van der Waals surface area contributed by atoms with Gasteiger partial charge in [-0.1, -0.05) is 6.07 Å². The minimum Gasteiger partial charge on any atom is -0.429 e. The molecule has 1 atom stereocenters. The number of halogens is 3. The van der Waals surface area contributed by atoms with Gasteiger partial charge in [0.15, 0.2) is 0 Å². The highest BCUT2D eigenvalue weighted by molar-refractivity contribution is 5.94. The number of carbonyl (C=O) groups excluding carboxylic acids is 1. The van der Waals surface area contributed by atoms with E-state index >= 15 is 0 Å². The Bertz CT molecular complexity index is 1670. The molecule has 0 radical (unpaired) electrons. The van der Waals surface area contributed by atoms with Crippen LogP contribution in [0.5, 0.6) is 0 Å². The van der Waals surface area contributed by atoms with E-state index in [1.54, 1.807) is 23.2 Å². The number of carbonyl (C=O) groups is 1. The fourth-order valence-electron chi connectivity index (χ4n) is 5.05. The van der Waals surface area contributed by atoms with Crippen molar-refractivity contribution in [2.24, 2.45) is 0 Å². The molecule has 2 aliphatic rings. The maximum atomic E-state index is 14.1. The van der Waals surface area contributed by atoms with Crippen molar-refractivity contribution in [3.8, 4) is 11.6 Å². The van der Waals surface area contributed by atoms with E-state index < -0.39 is 23.7 Å². The highest BCUT2D eigenvalue weighted by atomic mass is 19.4. The van der Waals surface area contributed by atoms with Gasteiger partial charge in [-0.2, -0.15) is 18.3 Å². The van der Waals surface area contributed by atoms with Gasteiger partial charge in [-0.05, 0) is 43.2 Å². The zero-order chi connectivity index (χ0) is 26.0. The fourth-order valence-corrected chi connectivity index (χ4v) is 5.05. The molecule has 9 nitrogen and oxygen atoms in total. The Hall–Kier alpha value is -4.48. The number of H-pyrrole nitrogens is 1. The molecule has 6 heterocycles. The average molecular weight is 519 g/mol. The second kappa shape index (κ2) is 8.27. The minimum absolute atomic E-state index is 0.0965. The number of aromatic amines is 1. The molecular formula is C26H20F3N7O2. The Morgan fingerprint density at radius 1 is 1.11 bits per heavy atom. The van der Waals surface area contributed by atoms with Gasteiger partial charge in [0, 0.05) is 37.0 Å². The first kappa shape index (κ1) is 22.7. The SMILES string of the molecule is O=C(c1oc(-c2ccccn2)nc1C1CC1)N1CCc2[nH]cnc2[C@H]1c1cc2c(C(F)(F)F)cccn2n1. The van der Waals surface area contributed by atoms with E-state index in [2.05, 4.69) is 25.0 Å². The van der Waals surface area contributed by atoms with Crippen molar-refractivity contribution in [2.75, 3.05) is 6.54 Å². The molecule has 38 heavy (non-hydrogen) atoms. The van der Waals surface area contributed by atoms with Crippen LogP contribution in [0.4, 0.5) is 13.2 Å². The van der Waals surface area contributed by atoms with Gasteiger partial charge in [-0.3, -0.25) is 9.78 Å². The second-order valence-corrected chi connectivity index (χ2v) is 9.46. The van der Waals surface area contributed by atoms with E-state index in [4.69, 9.17) is 4.42 Å². The molecule has 0 unspecified atom stereocenters. The molecule has 12 heteroatoms. The van der Waals surface area contributed by atoms with Crippen molar-refractivity contribution >= 4 is 11.4 Å². The number of rotatable bonds is 4. The molecule has 1 aliphatic carbocycles. The van der Waals surface area contributed by atoms with E-state index in [9.17, 15) is 18.0 Å². The van der Waals surface area contributed by atoms with Crippen LogP contribution in [0.1, 0.15) is 63.7 Å². The largest absolute Gasteiger partial charge is 0.429 e. The third kappa shape index (κ3) is 3.66. The molecule has 1 fully saturated rings. The van der Waals surface area contributed by atoms with E-state index in [1.807, 2.05) is 6.07 Å². The van der Waals surface area contributed by atoms with E-state index in [-0.39, 0.29) is 28.8 Å². The molecule has 0 spiro atoms. The summed E-state index contributed by atoms with van der Waals surface area (Å²) in [6, 6.07) is 8.22. The highest BCUT2D eigenvalue weighted by Crippen LogP contribution is 2.44. The van der Waals surface area contributed by atoms with Crippen LogP contribution >= 0.6 is 0 Å². The van der Waals surface area contributed by atoms with Crippen molar-refractivity contribution in [1.82, 2.24) is 34.4 Å². The summed E-state index contributed by atoms with van der Waals surface area (Å²) in [5.41, 5.74) is 1.82. The van der Waals surface area contributed by atoms with Crippen molar-refractivity contribution in [3.63, 3.8) is 0 Å². The zero-order valence-electron chi connectivity index (χ0n) is 19.8. The van der Waals surface area contributed by atoms with Crippen LogP contribution < -0.4 is 0 Å². The number of amides is 1. The first-order chi connectivity index (χ1) is 18.4. The number of imidazole rings is 1. The van der Waals surface area contributed by atoms with Gasteiger partial charge in [0.2, 0.25) is 11.7 Å². The number of fused-ring (bicyclic) bond motifs is 2. The van der Waals surface area contributed by atoms with E-state index in [1.165, 1.54) is 29.2 Å². The van der Waals surface area contributed by atoms with Gasteiger partial charge < -0.3 is 14.3 Å². The zero-order valence-corrected chi connectivity index (χ0v) is 19.8. The standard InChI is InChI=1S/C26H20F3N7O2/c27-26(28,29)15-4-3-10-36-19(15)12-18(34-36)22-21-16(31-13-32-21)8-11-35(22)25(37)23-20(14-6-7-14)33-24(38-23)17-5-1-2-9-30-17/h1-5,9-10,12-14,22H,6-8,11H2,(H,31,32)/t22-/m1/s1. The summed E-state index contributed by atoms with van der Waals surface area (Å²) in [5, 5.41) is 4.45. The summed E-state index contributed by atoms with van der Waals surface area (Å²) in [6.07, 6.45) is 2.33. The molecule has 0 saturated heterocycles. The number of pyridine rings is 2. The van der Waals surface area contributed by atoms with Gasteiger partial charge >= 0.3 is 6.18 Å². The third-order valence-corrected chi connectivity index (χ3v) is 6.99. The van der Waals surface area contributed by atoms with Crippen LogP contribution in [0.2, 0.25) is 0 Å². The molecule has 1 saturated carbocycles. The number of nitrogens with zero attached hydrogens (tertiary/aromatic N) is 6. The summed E-state index contributed by atoms with van der Waals surface area (Å²) < 4.78 is 48.3. The number of oxazole rings is 1. The molecule has 0 aromatic carbocycles. The molecule has 5 aromatic rings. The molecule has 1 aliphatic heterocycles. The van der Waals surface area contributed by atoms with Crippen LogP contribution in [0.15, 0.2) is 59.5 Å². The normalized spacial score (nSPS) is 17.7. The summed E-state index contributed by atoms with van der Waals surface area (Å²) >= 11 is 0. The van der Waals surface area contributed by atoms with Crippen molar-refractivity contribution in [3.05, 3.63) is 89.2 Å². The summed E-state index contributed by atoms with van der Waals surface area (Å²) in [7, 11) is 0. The molecule has 1 amide bonds. The van der Waals surface area contributed by atoms with Crippen molar-refractivity contribution in [1.29, 1.82) is 0 Å². The summed E-state index contributed by atoms with van der Waals surface area (Å²) in [5.74, 6) is 0.0847. The summed E-state index contributed by atoms with van der Waals surface area (Å²) in [6.45, 7) is 0.294. The van der Waals surface area contributed by atoms with Gasteiger partial charge in [0.25, 0.3) is 5.91 Å². The topological polar surface area (TPSA) is 105 Å². The van der Waals surface area contributed by atoms with Gasteiger partial charge in [0.05, 0.1) is 34.5 Å². The van der Waals surface area contributed by atoms with Crippen molar-refractivity contribution < 1.29 is 22.4 Å². The first-order valence-corrected chi connectivity index (χ1v) is 12.2. The maximum Gasteiger partial charge on any atom is 0.418 e. The van der Waals surface area contributed by atoms with Gasteiger partial charge in [-0.25, -0.2) is 14.5 Å². The van der Waals surface area contributed by atoms with Crippen LogP contribution in [0.3, 0.4) is 0 Å². The number of alkyl halides is 3. The lowest BCUT2D eigenvalue weighted by atomic mass is 9.98. The Labute approximate surface area is 213 Å². The van der Waals surface area contributed by atoms with Gasteiger partial charge in [0.1, 0.15) is 11.7 Å². The lowest BCUT2D eigenvalue weighted by Crippen LogP contribution is -2.41. The fraction of sp³-hybridized carbons (Fsp3) is 0.269. The molecule has 192 valence electrons. The Morgan fingerprint density at radius 3 is 2.74 bits per heavy atom. The molecular weight excluding hydrogens is 499 g/mol. The van der Waals surface area contributed by atoms with Crippen LogP contribution in [-0.4, -0.2) is 46.9 Å². The predicted octanol–water partition coefficient (Wildman–Crippen LogP) is 4.79. The van der Waals surface area contributed by atoms with E-state index in [0.717, 1.165) is 24.6 Å². The molecule has 1 N–H and O–H groups in total. The average Bonchev–Trinajstić information content (AvgIpc) is 3.30. The van der Waals surface area contributed by atoms with Crippen LogP contribution in [0, 0.1) is 0 Å². The smallest absolute Gasteiger partial charge is 0.418 e. The third-order valence-electron chi connectivity index (χ3n) is 6.99. The first-order valence-electron chi connectivity index (χ1n) is 12.2. The molecule has 7 rings (SSSR count). The van der Waals surface area contributed by atoms with Gasteiger partial charge in [-0.15, -0.1) is 0 Å². The number of aromatic nitrogens is 6. The minimum atomic E-state index is -4.56. The quantitative estimate of drug-likeness (QED) is 0.366. The maximum absolute atomic E-state index is 14.1. The second-order valence-electron chi connectivity index (χ2n) is 9.46. The summed E-state index contributed by atoms with van der Waals surface area (Å²) in [4.78, 5) is 32.1. The molecule has 5 aromatic heterocycles. The number of hydrogen-bond donors (Lipinski definition) is 1. The highest BCUT2D eigenvalue weighted by Gasteiger charge is 2.42. The van der Waals surface area contributed by atoms with E-state index in [0.29, 0.717) is 30.0 Å². The van der Waals surface area contributed by atoms with Crippen molar-refractivity contribution in [2.45, 2.75) is 37.4 Å². The Kier molecular flexibility index (Phi) is 4.94. The lowest BCUT2D eigenvalue weighted by molar-refractivity contribution is -0.136. The van der Waals surface area contributed by atoms with Crippen LogP contribution in [-0.2, 0) is 12.6 Å². The Morgan fingerprint density at radius 2 is 1.97 bits per heavy atom. The number of hydrogen-bond acceptors (Lipinski definition) is 6. The predicted molar refractivity (Wildman–Crippen MR) is 127 cm³/mol. The lowest BCUT2D eigenvalue weighted by Gasteiger charge is -2.33.